The van der Waals surface area contributed by atoms with Crippen molar-refractivity contribution in [1.29, 1.82) is 0 Å². The molecule has 2 heterocycles. The van der Waals surface area contributed by atoms with Gasteiger partial charge in [0, 0.05) is 24.5 Å². The predicted octanol–water partition coefficient (Wildman–Crippen LogP) is 1.57. The van der Waals surface area contributed by atoms with Crippen molar-refractivity contribution in [3.8, 4) is 11.6 Å². The third-order valence-corrected chi connectivity index (χ3v) is 5.02. The summed E-state index contributed by atoms with van der Waals surface area (Å²) in [6, 6.07) is 5.00. The van der Waals surface area contributed by atoms with Gasteiger partial charge < -0.3 is 9.47 Å². The fraction of sp³-hybridized carbons (Fsp3) is 0.267. The molecule has 28 heavy (non-hydrogen) atoms. The van der Waals surface area contributed by atoms with Gasteiger partial charge in [0.25, 0.3) is 0 Å². The lowest BCUT2D eigenvalue weighted by molar-refractivity contribution is 0.260. The van der Waals surface area contributed by atoms with Crippen LogP contribution in [0.4, 0.5) is 10.6 Å². The molecule has 13 heteroatoms. The minimum absolute atomic E-state index is 0.0698. The molecule has 0 aliphatic heterocycles. The summed E-state index contributed by atoms with van der Waals surface area (Å²) in [5, 5.41) is 2.15. The monoisotopic (exact) mass is 430 g/mol. The molecule has 0 fully saturated rings. The molecule has 2 rings (SSSR count). The highest BCUT2D eigenvalue weighted by Gasteiger charge is 2.09. The molecule has 0 aliphatic rings. The lowest BCUT2D eigenvalue weighted by Crippen LogP contribution is -2.08. The van der Waals surface area contributed by atoms with Gasteiger partial charge >= 0.3 is 16.5 Å². The van der Waals surface area contributed by atoms with Crippen molar-refractivity contribution in [2.24, 2.45) is 4.36 Å². The maximum absolute atomic E-state index is 11.2. The molecule has 0 aromatic carbocycles. The van der Waals surface area contributed by atoms with E-state index >= 15 is 0 Å². The number of aromatic nitrogens is 2. The summed E-state index contributed by atoms with van der Waals surface area (Å²) < 4.78 is 55.1. The highest BCUT2D eigenvalue weighted by Crippen LogP contribution is 2.21. The number of anilines is 1. The van der Waals surface area contributed by atoms with E-state index in [0.717, 1.165) is 0 Å². The molecule has 0 unspecified atom stereocenters. The van der Waals surface area contributed by atoms with Crippen molar-refractivity contribution in [2.45, 2.75) is 11.8 Å². The summed E-state index contributed by atoms with van der Waals surface area (Å²) in [5.41, 5.74) is 0. The lowest BCUT2D eigenvalue weighted by Gasteiger charge is -2.06. The van der Waals surface area contributed by atoms with Gasteiger partial charge in [-0.05, 0) is 12.1 Å². The van der Waals surface area contributed by atoms with Gasteiger partial charge in [-0.1, -0.05) is 11.3 Å². The van der Waals surface area contributed by atoms with Crippen LogP contribution in [0.5, 0.6) is 11.6 Å². The highest BCUT2D eigenvalue weighted by atomic mass is 32.2. The highest BCUT2D eigenvalue weighted by molar-refractivity contribution is 7.91. The largest absolute Gasteiger partial charge is 0.496 e. The Balaban J connectivity index is 0.000000307. The third-order valence-electron chi connectivity index (χ3n) is 2.99. The number of hydrogen-bond acceptors (Lipinski definition) is 9. The van der Waals surface area contributed by atoms with E-state index in [-0.39, 0.29) is 17.5 Å². The number of nitrogens with one attached hydrogen (secondary N) is 1. The van der Waals surface area contributed by atoms with E-state index in [4.69, 9.17) is 9.47 Å². The quantitative estimate of drug-likeness (QED) is 0.744. The normalized spacial score (nSPS) is 10.1. The number of amides is 2. The number of pyridine rings is 2. The zero-order chi connectivity index (χ0) is 21.2. The third kappa shape index (κ3) is 7.67. The number of sulfone groups is 1. The minimum atomic E-state index is -3.06. The van der Waals surface area contributed by atoms with Gasteiger partial charge in [0.15, 0.2) is 9.84 Å². The molecule has 2 amide bonds. The molecule has 0 atom stereocenters. The van der Waals surface area contributed by atoms with E-state index in [1.54, 1.807) is 25.3 Å². The summed E-state index contributed by atoms with van der Waals surface area (Å²) in [6.07, 6.45) is 2.91. The van der Waals surface area contributed by atoms with Gasteiger partial charge in [0.1, 0.15) is 11.6 Å². The van der Waals surface area contributed by atoms with Crippen molar-refractivity contribution >= 4 is 32.2 Å². The van der Waals surface area contributed by atoms with Gasteiger partial charge in [-0.3, -0.25) is 10.3 Å². The van der Waals surface area contributed by atoms with Crippen molar-refractivity contribution in [1.82, 2.24) is 9.97 Å². The molecular weight excluding hydrogens is 412 g/mol. The Kier molecular flexibility index (Phi) is 8.98. The number of urea groups is 1. The SMILES string of the molecule is CCS(=O)(=O)c1cccnc1.COc1cc(NC(=O)N=S(=O)=O)nc(OC)c1. The molecular formula is C15H18N4O7S2. The first-order valence-electron chi connectivity index (χ1n) is 7.56. The van der Waals surface area contributed by atoms with Crippen molar-refractivity contribution < 1.29 is 31.1 Å². The number of carbonyl (C=O) groups excluding carboxylic acids is 1. The number of nitrogens with zero attached hydrogens (tertiary/aromatic N) is 3. The second-order valence-corrected chi connectivity index (χ2v) is 7.66. The number of carbonyl (C=O) groups is 1. The van der Waals surface area contributed by atoms with E-state index < -0.39 is 26.4 Å². The maximum Gasteiger partial charge on any atom is 0.361 e. The Hall–Kier alpha value is -3.06. The molecule has 2 aromatic heterocycles. The van der Waals surface area contributed by atoms with Crippen LogP contribution in [0.2, 0.25) is 0 Å². The predicted molar refractivity (Wildman–Crippen MR) is 99.7 cm³/mol. The molecule has 0 radical (unpaired) electrons. The lowest BCUT2D eigenvalue weighted by atomic mass is 10.4. The average molecular weight is 430 g/mol. The van der Waals surface area contributed by atoms with Crippen LogP contribution >= 0.6 is 0 Å². The van der Waals surface area contributed by atoms with Crippen LogP contribution < -0.4 is 14.8 Å². The second kappa shape index (κ2) is 10.9. The first-order valence-corrected chi connectivity index (χ1v) is 10.2. The van der Waals surface area contributed by atoms with E-state index in [0.29, 0.717) is 10.6 Å². The van der Waals surface area contributed by atoms with E-state index in [1.807, 2.05) is 0 Å². The molecule has 2 aromatic rings. The molecule has 152 valence electrons. The van der Waals surface area contributed by atoms with Crippen LogP contribution in [0, 0.1) is 0 Å². The zero-order valence-electron chi connectivity index (χ0n) is 15.2. The molecule has 1 N–H and O–H groups in total. The first-order chi connectivity index (χ1) is 13.2. The van der Waals surface area contributed by atoms with Crippen LogP contribution in [0.25, 0.3) is 0 Å². The Morgan fingerprint density at radius 1 is 1.25 bits per heavy atom. The van der Waals surface area contributed by atoms with Crippen LogP contribution in [-0.4, -0.2) is 52.8 Å². The number of methoxy groups -OCH3 is 2. The Bertz CT molecular complexity index is 1010. The Labute approximate surface area is 163 Å². The Morgan fingerprint density at radius 2 is 1.96 bits per heavy atom. The fourth-order valence-corrected chi connectivity index (χ4v) is 2.69. The minimum Gasteiger partial charge on any atom is -0.496 e. The standard InChI is InChI=1S/C8H9N3O5S.C7H9NO2S/c1-15-5-3-6(9-7(4-5)16-2)10-8(12)11-17(13)14;1-2-11(9,10)7-4-3-5-8-6-7/h3-4H,1-2H3,(H,9,10,12);3-6H,2H2,1H3. The zero-order valence-corrected chi connectivity index (χ0v) is 16.8. The van der Waals surface area contributed by atoms with Crippen molar-refractivity contribution in [2.75, 3.05) is 25.3 Å². The maximum atomic E-state index is 11.2. The number of rotatable bonds is 5. The van der Waals surface area contributed by atoms with Crippen LogP contribution in [-0.2, 0) is 20.3 Å². The van der Waals surface area contributed by atoms with Gasteiger partial charge in [0.05, 0.1) is 24.9 Å². The van der Waals surface area contributed by atoms with Crippen molar-refractivity contribution in [3.05, 3.63) is 36.7 Å². The molecule has 0 saturated carbocycles. The number of hydrogen-bond donors (Lipinski definition) is 1. The van der Waals surface area contributed by atoms with E-state index in [9.17, 15) is 21.6 Å². The van der Waals surface area contributed by atoms with Gasteiger partial charge in [-0.2, -0.15) is 13.4 Å². The van der Waals surface area contributed by atoms with Gasteiger partial charge in [-0.15, -0.1) is 0 Å². The van der Waals surface area contributed by atoms with Gasteiger partial charge in [-0.25, -0.2) is 13.2 Å². The summed E-state index contributed by atoms with van der Waals surface area (Å²) >= 11 is 0. The van der Waals surface area contributed by atoms with Crippen LogP contribution in [0.15, 0.2) is 45.9 Å². The van der Waals surface area contributed by atoms with Crippen LogP contribution in [0.3, 0.4) is 0 Å². The summed E-state index contributed by atoms with van der Waals surface area (Å²) in [7, 11) is -3.05. The van der Waals surface area contributed by atoms with E-state index in [2.05, 4.69) is 19.6 Å². The Morgan fingerprint density at radius 3 is 2.46 bits per heavy atom. The topological polar surface area (TPSA) is 154 Å². The first kappa shape index (κ1) is 23.0. The van der Waals surface area contributed by atoms with Crippen LogP contribution in [0.1, 0.15) is 6.92 Å². The fourth-order valence-electron chi connectivity index (χ4n) is 1.67. The molecule has 11 nitrogen and oxygen atoms in total. The number of ether oxygens (including phenoxy) is 2. The van der Waals surface area contributed by atoms with Crippen molar-refractivity contribution in [3.63, 3.8) is 0 Å². The van der Waals surface area contributed by atoms with E-state index in [1.165, 1.54) is 32.5 Å². The average Bonchev–Trinajstić information content (AvgIpc) is 2.68. The summed E-state index contributed by atoms with van der Waals surface area (Å²) in [6.45, 7) is 1.61. The van der Waals surface area contributed by atoms with Gasteiger partial charge in [0.2, 0.25) is 5.88 Å². The molecule has 0 saturated heterocycles. The summed E-state index contributed by atoms with van der Waals surface area (Å²) in [5.74, 6) is 0.803. The summed E-state index contributed by atoms with van der Waals surface area (Å²) in [4.78, 5) is 18.9. The smallest absolute Gasteiger partial charge is 0.361 e. The molecule has 0 bridgehead atoms. The molecule has 0 aliphatic carbocycles. The second-order valence-electron chi connectivity index (χ2n) is 4.77. The molecule has 0 spiro atoms.